The molecule has 6 nitrogen and oxygen atoms in total. The minimum absolute atomic E-state index is 0.0600. The predicted octanol–water partition coefficient (Wildman–Crippen LogP) is 2.48. The molecule has 0 fully saturated rings. The number of hydrogen-bond donors (Lipinski definition) is 1. The summed E-state index contributed by atoms with van der Waals surface area (Å²) in [4.78, 5) is 13.5. The standard InChI is InChI=1S/C19H21FN2O4S/c1-13-12-22(14(2)23)18-11-17(7-8-19(18)26-13)27(24,25)21-10-9-15-3-5-16(20)6-4-15/h3-8,11,13,21H,9-10,12H2,1-2H3. The summed E-state index contributed by atoms with van der Waals surface area (Å²) in [5, 5.41) is 0. The Balaban J connectivity index is 1.75. The van der Waals surface area contributed by atoms with Gasteiger partial charge in [-0.15, -0.1) is 0 Å². The first-order valence-corrected chi connectivity index (χ1v) is 10.1. The van der Waals surface area contributed by atoms with Crippen LogP contribution in [0.2, 0.25) is 0 Å². The van der Waals surface area contributed by atoms with Gasteiger partial charge in [-0.05, 0) is 49.2 Å². The monoisotopic (exact) mass is 392 g/mol. The zero-order valence-electron chi connectivity index (χ0n) is 15.1. The number of nitrogens with zero attached hydrogens (tertiary/aromatic N) is 1. The number of sulfonamides is 1. The molecule has 144 valence electrons. The maximum atomic E-state index is 12.9. The van der Waals surface area contributed by atoms with Crippen LogP contribution in [-0.2, 0) is 21.2 Å². The molecule has 0 aromatic heterocycles. The van der Waals surface area contributed by atoms with Crippen molar-refractivity contribution in [3.05, 3.63) is 53.8 Å². The maximum Gasteiger partial charge on any atom is 0.240 e. The molecule has 0 saturated carbocycles. The summed E-state index contributed by atoms with van der Waals surface area (Å²) >= 11 is 0. The van der Waals surface area contributed by atoms with Crippen LogP contribution in [0, 0.1) is 5.82 Å². The van der Waals surface area contributed by atoms with Crippen LogP contribution in [0.3, 0.4) is 0 Å². The number of anilines is 1. The van der Waals surface area contributed by atoms with Crippen molar-refractivity contribution in [2.24, 2.45) is 0 Å². The zero-order chi connectivity index (χ0) is 19.6. The minimum Gasteiger partial charge on any atom is -0.487 e. The second kappa shape index (κ2) is 7.66. The molecule has 0 spiro atoms. The molecule has 1 aliphatic heterocycles. The van der Waals surface area contributed by atoms with Gasteiger partial charge in [0, 0.05) is 13.5 Å². The van der Waals surface area contributed by atoms with Gasteiger partial charge in [-0.3, -0.25) is 4.79 Å². The first kappa shape index (κ1) is 19.3. The van der Waals surface area contributed by atoms with Gasteiger partial charge in [0.15, 0.2) is 0 Å². The molecule has 1 amide bonds. The van der Waals surface area contributed by atoms with E-state index in [4.69, 9.17) is 4.74 Å². The number of hydrogen-bond acceptors (Lipinski definition) is 4. The quantitative estimate of drug-likeness (QED) is 0.848. The first-order chi connectivity index (χ1) is 12.8. The molecular formula is C19H21FN2O4S. The van der Waals surface area contributed by atoms with E-state index in [1.807, 2.05) is 6.92 Å². The lowest BCUT2D eigenvalue weighted by Gasteiger charge is -2.33. The zero-order valence-corrected chi connectivity index (χ0v) is 15.9. The highest BCUT2D eigenvalue weighted by Crippen LogP contribution is 2.35. The Bertz CT molecular complexity index is 945. The lowest BCUT2D eigenvalue weighted by Crippen LogP contribution is -2.41. The first-order valence-electron chi connectivity index (χ1n) is 8.59. The summed E-state index contributed by atoms with van der Waals surface area (Å²) in [6, 6.07) is 10.4. The van der Waals surface area contributed by atoms with Gasteiger partial charge in [-0.25, -0.2) is 17.5 Å². The van der Waals surface area contributed by atoms with Crippen molar-refractivity contribution in [3.8, 4) is 5.75 Å². The smallest absolute Gasteiger partial charge is 0.240 e. The van der Waals surface area contributed by atoms with Crippen molar-refractivity contribution >= 4 is 21.6 Å². The van der Waals surface area contributed by atoms with Crippen molar-refractivity contribution in [1.29, 1.82) is 0 Å². The molecule has 2 aromatic rings. The van der Waals surface area contributed by atoms with Gasteiger partial charge in [-0.1, -0.05) is 12.1 Å². The van der Waals surface area contributed by atoms with Gasteiger partial charge < -0.3 is 9.64 Å². The fraction of sp³-hybridized carbons (Fsp3) is 0.316. The number of amides is 1. The van der Waals surface area contributed by atoms with E-state index in [2.05, 4.69) is 4.72 Å². The van der Waals surface area contributed by atoms with Crippen LogP contribution in [0.5, 0.6) is 5.75 Å². The number of nitrogens with one attached hydrogen (secondary N) is 1. The lowest BCUT2D eigenvalue weighted by atomic mass is 10.1. The molecule has 1 N–H and O–H groups in total. The molecule has 0 aliphatic carbocycles. The molecule has 8 heteroatoms. The Kier molecular flexibility index (Phi) is 5.48. The van der Waals surface area contributed by atoms with Gasteiger partial charge in [0.05, 0.1) is 17.1 Å². The largest absolute Gasteiger partial charge is 0.487 e. The molecule has 0 radical (unpaired) electrons. The van der Waals surface area contributed by atoms with E-state index >= 15 is 0 Å². The summed E-state index contributed by atoms with van der Waals surface area (Å²) in [6.07, 6.45) is 0.266. The normalized spacial score (nSPS) is 16.6. The van der Waals surface area contributed by atoms with Crippen LogP contribution in [0.15, 0.2) is 47.4 Å². The summed E-state index contributed by atoms with van der Waals surface area (Å²) in [6.45, 7) is 3.82. The molecule has 27 heavy (non-hydrogen) atoms. The number of carbonyl (C=O) groups is 1. The molecule has 1 heterocycles. The molecule has 1 aliphatic rings. The second-order valence-corrected chi connectivity index (χ2v) is 8.23. The Morgan fingerprint density at radius 1 is 1.26 bits per heavy atom. The third-order valence-corrected chi connectivity index (χ3v) is 5.76. The highest BCUT2D eigenvalue weighted by molar-refractivity contribution is 7.89. The molecule has 0 bridgehead atoms. The molecular weight excluding hydrogens is 371 g/mol. The number of ether oxygens (including phenoxy) is 1. The van der Waals surface area contributed by atoms with Crippen LogP contribution < -0.4 is 14.4 Å². The highest BCUT2D eigenvalue weighted by Gasteiger charge is 2.27. The third kappa shape index (κ3) is 4.45. The van der Waals surface area contributed by atoms with Crippen molar-refractivity contribution < 1.29 is 22.3 Å². The lowest BCUT2D eigenvalue weighted by molar-refractivity contribution is -0.117. The average molecular weight is 392 g/mol. The number of carbonyl (C=O) groups excluding carboxylic acids is 1. The van der Waals surface area contributed by atoms with Gasteiger partial charge in [0.1, 0.15) is 17.7 Å². The molecule has 1 atom stereocenters. The van der Waals surface area contributed by atoms with E-state index in [0.29, 0.717) is 24.4 Å². The highest BCUT2D eigenvalue weighted by atomic mass is 32.2. The third-order valence-electron chi connectivity index (χ3n) is 4.30. The Hall–Kier alpha value is -2.45. The van der Waals surface area contributed by atoms with E-state index in [1.54, 1.807) is 18.2 Å². The topological polar surface area (TPSA) is 75.7 Å². The molecule has 0 saturated heterocycles. The van der Waals surface area contributed by atoms with E-state index in [9.17, 15) is 17.6 Å². The van der Waals surface area contributed by atoms with E-state index in [-0.39, 0.29) is 29.3 Å². The van der Waals surface area contributed by atoms with Crippen LogP contribution in [0.1, 0.15) is 19.4 Å². The number of benzene rings is 2. The van der Waals surface area contributed by atoms with Gasteiger partial charge in [0.2, 0.25) is 15.9 Å². The van der Waals surface area contributed by atoms with Crippen molar-refractivity contribution in [1.82, 2.24) is 4.72 Å². The minimum atomic E-state index is -3.75. The number of fused-ring (bicyclic) bond motifs is 1. The predicted molar refractivity (Wildman–Crippen MR) is 99.9 cm³/mol. The van der Waals surface area contributed by atoms with E-state index in [0.717, 1.165) is 5.56 Å². The Morgan fingerprint density at radius 3 is 2.63 bits per heavy atom. The van der Waals surface area contributed by atoms with Gasteiger partial charge in [-0.2, -0.15) is 0 Å². The molecule has 3 rings (SSSR count). The average Bonchev–Trinajstić information content (AvgIpc) is 2.62. The van der Waals surface area contributed by atoms with Crippen LogP contribution >= 0.6 is 0 Å². The Morgan fingerprint density at radius 2 is 1.96 bits per heavy atom. The number of halogens is 1. The summed E-state index contributed by atoms with van der Waals surface area (Å²) in [7, 11) is -3.75. The van der Waals surface area contributed by atoms with Gasteiger partial charge in [0.25, 0.3) is 0 Å². The van der Waals surface area contributed by atoms with Crippen molar-refractivity contribution in [2.75, 3.05) is 18.0 Å². The van der Waals surface area contributed by atoms with Crippen LogP contribution in [0.25, 0.3) is 0 Å². The molecule has 2 aromatic carbocycles. The summed E-state index contributed by atoms with van der Waals surface area (Å²) < 4.78 is 46.3. The number of rotatable bonds is 5. The fourth-order valence-corrected chi connectivity index (χ4v) is 4.00. The Labute approximate surface area is 158 Å². The SMILES string of the molecule is CC(=O)N1CC(C)Oc2ccc(S(=O)(=O)NCCc3ccc(F)cc3)cc21. The second-order valence-electron chi connectivity index (χ2n) is 6.46. The van der Waals surface area contributed by atoms with Crippen molar-refractivity contribution in [3.63, 3.8) is 0 Å². The maximum absolute atomic E-state index is 12.9. The summed E-state index contributed by atoms with van der Waals surface area (Å²) in [5.74, 6) is -0.0284. The summed E-state index contributed by atoms with van der Waals surface area (Å²) in [5.41, 5.74) is 1.27. The van der Waals surface area contributed by atoms with Crippen LogP contribution in [-0.4, -0.2) is 33.5 Å². The van der Waals surface area contributed by atoms with E-state index < -0.39 is 10.0 Å². The van der Waals surface area contributed by atoms with Gasteiger partial charge >= 0.3 is 0 Å². The fourth-order valence-electron chi connectivity index (χ4n) is 2.95. The van der Waals surface area contributed by atoms with E-state index in [1.165, 1.54) is 36.1 Å². The molecule has 1 unspecified atom stereocenters. The van der Waals surface area contributed by atoms with Crippen LogP contribution in [0.4, 0.5) is 10.1 Å². The van der Waals surface area contributed by atoms with Crippen molar-refractivity contribution in [2.45, 2.75) is 31.3 Å².